The molecule has 0 aromatic heterocycles. The molecular formula is C14H15Cl2NaO4. The molecule has 1 rings (SSSR count). The molecule has 0 saturated heterocycles. The first-order valence-electron chi connectivity index (χ1n) is 5.41. The Balaban J connectivity index is 0. The molecule has 0 aliphatic heterocycles. The van der Waals surface area contributed by atoms with Gasteiger partial charge in [0.05, 0.1) is 11.0 Å². The van der Waals surface area contributed by atoms with Crippen LogP contribution < -0.4 is 39.4 Å². The number of carboxylic acid groups (broad SMARTS) is 1. The normalized spacial score (nSPS) is 9.10. The Morgan fingerprint density at radius 2 is 1.86 bits per heavy atom. The molecule has 0 aliphatic carbocycles. The Morgan fingerprint density at radius 1 is 1.29 bits per heavy atom. The summed E-state index contributed by atoms with van der Waals surface area (Å²) < 4.78 is 4.89. The van der Waals surface area contributed by atoms with Crippen molar-refractivity contribution in [2.45, 2.75) is 20.8 Å². The Kier molecular flexibility index (Phi) is 11.1. The summed E-state index contributed by atoms with van der Waals surface area (Å²) in [5.41, 5.74) is 0.612. The molecule has 0 amide bonds. The maximum atomic E-state index is 11.9. The number of carboxylic acids is 1. The minimum absolute atomic E-state index is 0. The van der Waals surface area contributed by atoms with Crippen molar-refractivity contribution in [1.82, 2.24) is 0 Å². The van der Waals surface area contributed by atoms with Gasteiger partial charge in [0.1, 0.15) is 17.4 Å². The SMILES string of the molecule is C.C=C(CC)C(=O)c1ccc(OCC(=O)[O-])c(Cl)c1Cl.[Na+]. The van der Waals surface area contributed by atoms with Gasteiger partial charge in [-0.2, -0.15) is 0 Å². The second-order valence-electron chi connectivity index (χ2n) is 3.69. The van der Waals surface area contributed by atoms with Crippen molar-refractivity contribution in [3.63, 3.8) is 0 Å². The van der Waals surface area contributed by atoms with Crippen molar-refractivity contribution >= 4 is 35.0 Å². The predicted molar refractivity (Wildman–Crippen MR) is 77.5 cm³/mol. The van der Waals surface area contributed by atoms with Gasteiger partial charge in [0, 0.05) is 5.56 Å². The summed E-state index contributed by atoms with van der Waals surface area (Å²) in [5, 5.41) is 10.3. The fraction of sp³-hybridized carbons (Fsp3) is 0.286. The first kappa shape index (κ1) is 22.8. The zero-order chi connectivity index (χ0) is 14.6. The van der Waals surface area contributed by atoms with E-state index < -0.39 is 12.6 Å². The molecule has 1 aromatic rings. The zero-order valence-electron chi connectivity index (χ0n) is 11.2. The number of aliphatic carboxylic acids is 1. The first-order chi connectivity index (χ1) is 8.88. The van der Waals surface area contributed by atoms with Crippen molar-refractivity contribution in [2.24, 2.45) is 0 Å². The van der Waals surface area contributed by atoms with Crippen molar-refractivity contribution in [3.8, 4) is 5.75 Å². The molecule has 1 aromatic carbocycles. The molecule has 7 heteroatoms. The fourth-order valence-corrected chi connectivity index (χ4v) is 1.77. The fourth-order valence-electron chi connectivity index (χ4n) is 1.31. The second-order valence-corrected chi connectivity index (χ2v) is 4.44. The van der Waals surface area contributed by atoms with Crippen LogP contribution in [-0.2, 0) is 4.79 Å². The molecule has 0 fully saturated rings. The van der Waals surface area contributed by atoms with Crippen LogP contribution in [0.4, 0.5) is 0 Å². The topological polar surface area (TPSA) is 66.4 Å². The van der Waals surface area contributed by atoms with Crippen molar-refractivity contribution in [2.75, 3.05) is 6.61 Å². The molecule has 0 atom stereocenters. The van der Waals surface area contributed by atoms with Crippen LogP contribution in [0.15, 0.2) is 24.3 Å². The molecule has 0 aliphatic rings. The van der Waals surface area contributed by atoms with E-state index in [2.05, 4.69) is 6.58 Å². The van der Waals surface area contributed by atoms with Gasteiger partial charge in [0.2, 0.25) is 0 Å². The summed E-state index contributed by atoms with van der Waals surface area (Å²) in [5.74, 6) is -1.61. The van der Waals surface area contributed by atoms with Gasteiger partial charge in [0.15, 0.2) is 5.78 Å². The summed E-state index contributed by atoms with van der Waals surface area (Å²) in [4.78, 5) is 22.2. The molecule has 0 saturated carbocycles. The smallest absolute Gasteiger partial charge is 0.546 e. The third-order valence-electron chi connectivity index (χ3n) is 2.38. The van der Waals surface area contributed by atoms with Gasteiger partial charge in [0.25, 0.3) is 0 Å². The maximum absolute atomic E-state index is 11.9. The van der Waals surface area contributed by atoms with Gasteiger partial charge in [-0.15, -0.1) is 0 Å². The summed E-state index contributed by atoms with van der Waals surface area (Å²) in [6.45, 7) is 4.78. The molecule has 110 valence electrons. The predicted octanol–water partition coefficient (Wildman–Crippen LogP) is -0.0889. The Morgan fingerprint density at radius 3 is 2.33 bits per heavy atom. The number of halogens is 2. The van der Waals surface area contributed by atoms with Crippen molar-refractivity contribution in [1.29, 1.82) is 0 Å². The van der Waals surface area contributed by atoms with Gasteiger partial charge in [-0.3, -0.25) is 4.79 Å². The minimum Gasteiger partial charge on any atom is -0.546 e. The van der Waals surface area contributed by atoms with Gasteiger partial charge in [-0.1, -0.05) is 44.1 Å². The Bertz CT molecular complexity index is 544. The zero-order valence-corrected chi connectivity index (χ0v) is 14.7. The van der Waals surface area contributed by atoms with E-state index in [1.54, 1.807) is 6.92 Å². The quantitative estimate of drug-likeness (QED) is 0.412. The number of Topliss-reactive ketones (excluding diaryl/α,β-unsaturated/α-hetero) is 1. The molecule has 0 N–H and O–H groups in total. The number of hydrogen-bond acceptors (Lipinski definition) is 4. The molecule has 4 nitrogen and oxygen atoms in total. The number of hydrogen-bond donors (Lipinski definition) is 0. The van der Waals surface area contributed by atoms with Crippen LogP contribution in [0.2, 0.25) is 10.0 Å². The maximum Gasteiger partial charge on any atom is 1.00 e. The molecule has 21 heavy (non-hydrogen) atoms. The van der Waals surface area contributed by atoms with Crippen LogP contribution in [0.3, 0.4) is 0 Å². The number of allylic oxidation sites excluding steroid dienone is 1. The third-order valence-corrected chi connectivity index (χ3v) is 3.25. The largest absolute Gasteiger partial charge is 1.00 e. The monoisotopic (exact) mass is 340 g/mol. The van der Waals surface area contributed by atoms with E-state index >= 15 is 0 Å². The van der Waals surface area contributed by atoms with Crippen LogP contribution in [0.5, 0.6) is 5.75 Å². The van der Waals surface area contributed by atoms with Gasteiger partial charge < -0.3 is 14.6 Å². The van der Waals surface area contributed by atoms with E-state index in [0.29, 0.717) is 12.0 Å². The summed E-state index contributed by atoms with van der Waals surface area (Å²) >= 11 is 11.9. The van der Waals surface area contributed by atoms with E-state index in [9.17, 15) is 14.7 Å². The Labute approximate surface area is 156 Å². The standard InChI is InChI=1S/C13H12Cl2O4.CH4.Na/c1-3-7(2)13(18)8-4-5-9(12(15)11(8)14)19-6-10(16)17;;/h4-5H,2-3,6H2,1H3,(H,16,17);1H4;/q;;+1/p-1. The molecule has 0 heterocycles. The Hall–Kier alpha value is -0.520. The van der Waals surface area contributed by atoms with Crippen LogP contribution in [0.25, 0.3) is 0 Å². The summed E-state index contributed by atoms with van der Waals surface area (Å²) in [6.07, 6.45) is 0.496. The van der Waals surface area contributed by atoms with E-state index in [1.807, 2.05) is 0 Å². The average Bonchev–Trinajstić information content (AvgIpc) is 2.38. The molecular weight excluding hydrogens is 326 g/mol. The number of ketones is 1. The van der Waals surface area contributed by atoms with Gasteiger partial charge in [-0.05, 0) is 24.1 Å². The molecule has 0 spiro atoms. The average molecular weight is 341 g/mol. The third kappa shape index (κ3) is 6.01. The van der Waals surface area contributed by atoms with Gasteiger partial charge in [-0.25, -0.2) is 0 Å². The number of rotatable bonds is 6. The van der Waals surface area contributed by atoms with E-state index in [-0.39, 0.29) is 64.1 Å². The number of carbonyl (C=O) groups is 2. The summed E-state index contributed by atoms with van der Waals surface area (Å²) in [7, 11) is 0. The van der Waals surface area contributed by atoms with Crippen LogP contribution >= 0.6 is 23.2 Å². The van der Waals surface area contributed by atoms with E-state index in [0.717, 1.165) is 0 Å². The molecule has 0 bridgehead atoms. The van der Waals surface area contributed by atoms with Crippen molar-refractivity contribution in [3.05, 3.63) is 39.9 Å². The molecule has 0 unspecified atom stereocenters. The summed E-state index contributed by atoms with van der Waals surface area (Å²) in [6, 6.07) is 2.80. The molecule has 0 radical (unpaired) electrons. The number of benzene rings is 1. The van der Waals surface area contributed by atoms with Crippen molar-refractivity contribution < 1.29 is 49.0 Å². The second kappa shape index (κ2) is 10.2. The van der Waals surface area contributed by atoms with E-state index in [4.69, 9.17) is 27.9 Å². The van der Waals surface area contributed by atoms with Gasteiger partial charge >= 0.3 is 29.6 Å². The van der Waals surface area contributed by atoms with E-state index in [1.165, 1.54) is 12.1 Å². The number of carbonyl (C=O) groups excluding carboxylic acids is 2. The van der Waals surface area contributed by atoms with Crippen LogP contribution in [0, 0.1) is 0 Å². The number of ether oxygens (including phenoxy) is 1. The first-order valence-corrected chi connectivity index (χ1v) is 6.17. The van der Waals surface area contributed by atoms with Crippen LogP contribution in [-0.4, -0.2) is 18.4 Å². The minimum atomic E-state index is -1.38. The van der Waals surface area contributed by atoms with Crippen LogP contribution in [0.1, 0.15) is 31.1 Å².